The van der Waals surface area contributed by atoms with E-state index in [1.165, 1.54) is 22.7 Å². The summed E-state index contributed by atoms with van der Waals surface area (Å²) in [5, 5.41) is 3.71. The minimum Gasteiger partial charge on any atom is -0.311 e. The summed E-state index contributed by atoms with van der Waals surface area (Å²) in [7, 11) is 0. The molecule has 0 saturated carbocycles. The van der Waals surface area contributed by atoms with E-state index in [0.29, 0.717) is 12.1 Å². The van der Waals surface area contributed by atoms with Gasteiger partial charge in [0.1, 0.15) is 0 Å². The van der Waals surface area contributed by atoms with Gasteiger partial charge in [-0.2, -0.15) is 0 Å². The molecule has 0 radical (unpaired) electrons. The SMILES string of the molecule is CCc1ccc(CN2CC(C(C)CC)NCC2C)s1. The molecule has 1 fully saturated rings. The molecular weight excluding hydrogens is 252 g/mol. The van der Waals surface area contributed by atoms with Crippen molar-refractivity contribution in [2.75, 3.05) is 13.1 Å². The Kier molecular flexibility index (Phi) is 5.43. The molecule has 19 heavy (non-hydrogen) atoms. The smallest absolute Gasteiger partial charge is 0.0332 e. The summed E-state index contributed by atoms with van der Waals surface area (Å²) in [6.45, 7) is 12.7. The van der Waals surface area contributed by atoms with E-state index in [4.69, 9.17) is 0 Å². The lowest BCUT2D eigenvalue weighted by atomic mass is 9.95. The average molecular weight is 280 g/mol. The van der Waals surface area contributed by atoms with Gasteiger partial charge in [-0.05, 0) is 31.4 Å². The summed E-state index contributed by atoms with van der Waals surface area (Å²) in [5.74, 6) is 0.768. The third kappa shape index (κ3) is 3.80. The molecule has 2 rings (SSSR count). The van der Waals surface area contributed by atoms with Gasteiger partial charge in [0, 0.05) is 41.5 Å². The quantitative estimate of drug-likeness (QED) is 0.888. The van der Waals surface area contributed by atoms with Gasteiger partial charge in [0.2, 0.25) is 0 Å². The van der Waals surface area contributed by atoms with Gasteiger partial charge in [0.15, 0.2) is 0 Å². The highest BCUT2D eigenvalue weighted by Crippen LogP contribution is 2.22. The van der Waals surface area contributed by atoms with E-state index in [-0.39, 0.29) is 0 Å². The topological polar surface area (TPSA) is 15.3 Å². The molecule has 2 heterocycles. The van der Waals surface area contributed by atoms with Crippen LogP contribution < -0.4 is 5.32 Å². The summed E-state index contributed by atoms with van der Waals surface area (Å²) < 4.78 is 0. The summed E-state index contributed by atoms with van der Waals surface area (Å²) >= 11 is 1.98. The van der Waals surface area contributed by atoms with Crippen LogP contribution in [0.2, 0.25) is 0 Å². The second-order valence-corrected chi connectivity index (χ2v) is 7.15. The van der Waals surface area contributed by atoms with Gasteiger partial charge in [0.05, 0.1) is 0 Å². The van der Waals surface area contributed by atoms with Crippen LogP contribution in [0.5, 0.6) is 0 Å². The van der Waals surface area contributed by atoms with Crippen LogP contribution in [0.3, 0.4) is 0 Å². The summed E-state index contributed by atoms with van der Waals surface area (Å²) in [6, 6.07) is 5.91. The standard InChI is InChI=1S/C16H28N2S/c1-5-12(3)16-11-18(13(4)9-17-16)10-15-8-7-14(6-2)19-15/h7-8,12-13,16-17H,5-6,9-11H2,1-4H3. The minimum absolute atomic E-state index is 0.646. The number of nitrogens with one attached hydrogen (secondary N) is 1. The molecule has 0 amide bonds. The van der Waals surface area contributed by atoms with Crippen LogP contribution in [-0.2, 0) is 13.0 Å². The van der Waals surface area contributed by atoms with Crippen LogP contribution in [-0.4, -0.2) is 30.1 Å². The van der Waals surface area contributed by atoms with Crippen LogP contribution in [0.4, 0.5) is 0 Å². The number of hydrogen-bond acceptors (Lipinski definition) is 3. The van der Waals surface area contributed by atoms with Gasteiger partial charge in [-0.1, -0.05) is 27.2 Å². The first kappa shape index (κ1) is 15.0. The Morgan fingerprint density at radius 1 is 1.37 bits per heavy atom. The van der Waals surface area contributed by atoms with Gasteiger partial charge in [-0.25, -0.2) is 0 Å². The van der Waals surface area contributed by atoms with Crippen LogP contribution >= 0.6 is 11.3 Å². The first-order valence-corrected chi connectivity index (χ1v) is 8.50. The molecule has 3 heteroatoms. The second-order valence-electron chi connectivity index (χ2n) is 5.90. The zero-order valence-electron chi connectivity index (χ0n) is 12.8. The maximum absolute atomic E-state index is 3.71. The van der Waals surface area contributed by atoms with Crippen molar-refractivity contribution in [2.45, 2.75) is 59.2 Å². The summed E-state index contributed by atoms with van der Waals surface area (Å²) in [5.41, 5.74) is 0. The van der Waals surface area contributed by atoms with Crippen molar-refractivity contribution in [1.29, 1.82) is 0 Å². The van der Waals surface area contributed by atoms with E-state index in [2.05, 4.69) is 50.0 Å². The van der Waals surface area contributed by atoms with E-state index in [9.17, 15) is 0 Å². The third-order valence-corrected chi connectivity index (χ3v) is 5.70. The highest BCUT2D eigenvalue weighted by Gasteiger charge is 2.27. The summed E-state index contributed by atoms with van der Waals surface area (Å²) in [4.78, 5) is 5.68. The number of aryl methyl sites for hydroxylation is 1. The van der Waals surface area contributed by atoms with E-state index in [1.54, 1.807) is 0 Å². The van der Waals surface area contributed by atoms with E-state index in [0.717, 1.165) is 25.4 Å². The van der Waals surface area contributed by atoms with Crippen molar-refractivity contribution in [2.24, 2.45) is 5.92 Å². The Morgan fingerprint density at radius 2 is 2.11 bits per heavy atom. The molecule has 108 valence electrons. The lowest BCUT2D eigenvalue weighted by Crippen LogP contribution is -2.56. The monoisotopic (exact) mass is 280 g/mol. The number of rotatable bonds is 5. The van der Waals surface area contributed by atoms with Crippen molar-refractivity contribution < 1.29 is 0 Å². The number of piperazine rings is 1. The van der Waals surface area contributed by atoms with Gasteiger partial charge in [0.25, 0.3) is 0 Å². The van der Waals surface area contributed by atoms with Crippen molar-refractivity contribution in [3.05, 3.63) is 21.9 Å². The maximum atomic E-state index is 3.71. The molecule has 1 saturated heterocycles. The fourth-order valence-electron chi connectivity index (χ4n) is 2.73. The highest BCUT2D eigenvalue weighted by molar-refractivity contribution is 7.11. The fourth-order valence-corrected chi connectivity index (χ4v) is 3.72. The Labute approximate surface area is 122 Å². The van der Waals surface area contributed by atoms with Gasteiger partial charge < -0.3 is 5.32 Å². The molecule has 2 nitrogen and oxygen atoms in total. The zero-order chi connectivity index (χ0) is 13.8. The van der Waals surface area contributed by atoms with E-state index >= 15 is 0 Å². The Morgan fingerprint density at radius 3 is 2.74 bits per heavy atom. The molecule has 1 aromatic rings. The molecule has 1 aromatic heterocycles. The molecule has 0 aromatic carbocycles. The van der Waals surface area contributed by atoms with Crippen LogP contribution in [0.15, 0.2) is 12.1 Å². The maximum Gasteiger partial charge on any atom is 0.0332 e. The lowest BCUT2D eigenvalue weighted by Gasteiger charge is -2.40. The second kappa shape index (κ2) is 6.87. The number of hydrogen-bond donors (Lipinski definition) is 1. The summed E-state index contributed by atoms with van der Waals surface area (Å²) in [6.07, 6.45) is 2.43. The number of nitrogens with zero attached hydrogens (tertiary/aromatic N) is 1. The molecule has 3 atom stereocenters. The van der Waals surface area contributed by atoms with Crippen molar-refractivity contribution in [1.82, 2.24) is 10.2 Å². The molecule has 1 aliphatic rings. The molecule has 1 aliphatic heterocycles. The fraction of sp³-hybridized carbons (Fsp3) is 0.750. The Bertz CT molecular complexity index is 388. The molecule has 3 unspecified atom stereocenters. The molecule has 0 bridgehead atoms. The van der Waals surface area contributed by atoms with Crippen molar-refractivity contribution in [3.8, 4) is 0 Å². The lowest BCUT2D eigenvalue weighted by molar-refractivity contribution is 0.113. The van der Waals surface area contributed by atoms with Crippen LogP contribution in [0.1, 0.15) is 43.9 Å². The largest absolute Gasteiger partial charge is 0.311 e. The van der Waals surface area contributed by atoms with Crippen LogP contribution in [0, 0.1) is 5.92 Å². The first-order valence-electron chi connectivity index (χ1n) is 7.69. The third-order valence-electron chi connectivity index (χ3n) is 4.49. The molecule has 1 N–H and O–H groups in total. The Balaban J connectivity index is 1.97. The van der Waals surface area contributed by atoms with E-state index < -0.39 is 0 Å². The van der Waals surface area contributed by atoms with Gasteiger partial charge in [-0.15, -0.1) is 11.3 Å². The zero-order valence-corrected chi connectivity index (χ0v) is 13.6. The number of thiophene rings is 1. The van der Waals surface area contributed by atoms with E-state index in [1.807, 2.05) is 11.3 Å². The predicted octanol–water partition coefficient (Wildman–Crippen LogP) is 3.52. The first-order chi connectivity index (χ1) is 9.13. The molecule has 0 aliphatic carbocycles. The van der Waals surface area contributed by atoms with Gasteiger partial charge >= 0.3 is 0 Å². The predicted molar refractivity (Wildman–Crippen MR) is 84.8 cm³/mol. The van der Waals surface area contributed by atoms with Crippen molar-refractivity contribution >= 4 is 11.3 Å². The molecule has 0 spiro atoms. The normalized spacial score (nSPS) is 26.5. The molecular formula is C16H28N2S. The highest BCUT2D eigenvalue weighted by atomic mass is 32.1. The Hall–Kier alpha value is -0.380. The average Bonchev–Trinajstić information content (AvgIpc) is 2.88. The minimum atomic E-state index is 0.646. The van der Waals surface area contributed by atoms with Gasteiger partial charge in [-0.3, -0.25) is 4.90 Å². The van der Waals surface area contributed by atoms with Crippen LogP contribution in [0.25, 0.3) is 0 Å². The van der Waals surface area contributed by atoms with Crippen molar-refractivity contribution in [3.63, 3.8) is 0 Å².